The molecule has 30 heavy (non-hydrogen) atoms. The Kier molecular flexibility index (Phi) is 5.44. The minimum absolute atomic E-state index is 0.0133. The molecule has 3 unspecified atom stereocenters. The SMILES string of the molecule is CCCCC(C)(C)C1(C)CC(C)(C)CCCC2C3CC4(O)CC2CC(C3)(C4)OC1=O. The van der Waals surface area contributed by atoms with Crippen LogP contribution in [0.4, 0.5) is 0 Å². The third-order valence-corrected chi connectivity index (χ3v) is 10.0. The van der Waals surface area contributed by atoms with Crippen LogP contribution in [0.25, 0.3) is 0 Å². The van der Waals surface area contributed by atoms with Crippen molar-refractivity contribution in [3.63, 3.8) is 0 Å². The molecule has 2 saturated heterocycles. The summed E-state index contributed by atoms with van der Waals surface area (Å²) < 4.78 is 6.61. The fourth-order valence-corrected chi connectivity index (χ4v) is 8.37. The lowest BCUT2D eigenvalue weighted by molar-refractivity contribution is -0.245. The average Bonchev–Trinajstić information content (AvgIpc) is 2.59. The summed E-state index contributed by atoms with van der Waals surface area (Å²) in [5.41, 5.74) is -1.50. The first-order valence-electron chi connectivity index (χ1n) is 12.8. The molecule has 0 radical (unpaired) electrons. The molecule has 3 nitrogen and oxygen atoms in total. The molecule has 6 fully saturated rings. The Labute approximate surface area is 184 Å². The van der Waals surface area contributed by atoms with Gasteiger partial charge < -0.3 is 9.84 Å². The van der Waals surface area contributed by atoms with Gasteiger partial charge in [-0.25, -0.2) is 0 Å². The highest BCUT2D eigenvalue weighted by molar-refractivity contribution is 5.78. The number of ether oxygens (including phenoxy) is 1. The average molecular weight is 419 g/mol. The van der Waals surface area contributed by atoms with Gasteiger partial charge in [-0.2, -0.15) is 0 Å². The summed E-state index contributed by atoms with van der Waals surface area (Å²) >= 11 is 0. The van der Waals surface area contributed by atoms with Crippen LogP contribution < -0.4 is 0 Å². The molecule has 0 aromatic rings. The first-order valence-corrected chi connectivity index (χ1v) is 12.8. The summed E-state index contributed by atoms with van der Waals surface area (Å²) in [6.45, 7) is 13.7. The molecule has 1 spiro atoms. The van der Waals surface area contributed by atoms with Gasteiger partial charge in [-0.05, 0) is 86.9 Å². The van der Waals surface area contributed by atoms with Crippen molar-refractivity contribution in [3.8, 4) is 0 Å². The maximum atomic E-state index is 14.1. The van der Waals surface area contributed by atoms with Gasteiger partial charge >= 0.3 is 5.97 Å². The number of unbranched alkanes of at least 4 members (excludes halogenated alkanes) is 1. The number of esters is 1. The molecule has 0 aromatic heterocycles. The van der Waals surface area contributed by atoms with Gasteiger partial charge in [0.1, 0.15) is 5.60 Å². The van der Waals surface area contributed by atoms with E-state index < -0.39 is 16.6 Å². The van der Waals surface area contributed by atoms with Crippen molar-refractivity contribution in [3.05, 3.63) is 0 Å². The number of aliphatic hydroxyl groups is 1. The van der Waals surface area contributed by atoms with E-state index in [2.05, 4.69) is 41.5 Å². The Hall–Kier alpha value is -0.570. The van der Waals surface area contributed by atoms with Crippen molar-refractivity contribution in [2.75, 3.05) is 0 Å². The van der Waals surface area contributed by atoms with Crippen LogP contribution in [0.1, 0.15) is 119 Å². The largest absolute Gasteiger partial charge is 0.459 e. The molecule has 172 valence electrons. The summed E-state index contributed by atoms with van der Waals surface area (Å²) in [4.78, 5) is 14.1. The minimum atomic E-state index is -0.597. The van der Waals surface area contributed by atoms with Crippen LogP contribution in [0.15, 0.2) is 0 Å². The highest BCUT2D eigenvalue weighted by Gasteiger charge is 2.63. The summed E-state index contributed by atoms with van der Waals surface area (Å²) in [7, 11) is 0. The van der Waals surface area contributed by atoms with Crippen molar-refractivity contribution in [1.82, 2.24) is 0 Å². The van der Waals surface area contributed by atoms with Crippen molar-refractivity contribution in [2.24, 2.45) is 34.0 Å². The number of hydrogen-bond acceptors (Lipinski definition) is 3. The van der Waals surface area contributed by atoms with Crippen molar-refractivity contribution in [2.45, 2.75) is 130 Å². The molecule has 2 heterocycles. The number of carbonyl (C=O) groups excluding carboxylic acids is 1. The van der Waals surface area contributed by atoms with E-state index in [0.29, 0.717) is 18.3 Å². The molecule has 0 aromatic carbocycles. The second-order valence-electron chi connectivity index (χ2n) is 13.5. The molecule has 6 aliphatic rings. The molecule has 6 rings (SSSR count). The molecule has 3 heteroatoms. The van der Waals surface area contributed by atoms with Gasteiger partial charge in [0.25, 0.3) is 0 Å². The Morgan fingerprint density at radius 3 is 2.30 bits per heavy atom. The van der Waals surface area contributed by atoms with E-state index in [-0.39, 0.29) is 16.8 Å². The quantitative estimate of drug-likeness (QED) is 0.519. The van der Waals surface area contributed by atoms with Crippen LogP contribution in [0.5, 0.6) is 0 Å². The predicted molar refractivity (Wildman–Crippen MR) is 121 cm³/mol. The van der Waals surface area contributed by atoms with Crippen molar-refractivity contribution in [1.29, 1.82) is 0 Å². The lowest BCUT2D eigenvalue weighted by Gasteiger charge is -2.63. The zero-order chi connectivity index (χ0) is 22.0. The fourth-order valence-electron chi connectivity index (χ4n) is 8.37. The third kappa shape index (κ3) is 3.76. The fraction of sp³-hybridized carbons (Fsp3) is 0.963. The van der Waals surface area contributed by atoms with Crippen LogP contribution in [0.2, 0.25) is 0 Å². The molecular formula is C27H46O3. The summed E-state index contributed by atoms with van der Waals surface area (Å²) in [6.07, 6.45) is 12.4. The molecular weight excluding hydrogens is 372 g/mol. The first-order chi connectivity index (χ1) is 13.8. The molecule has 4 saturated carbocycles. The van der Waals surface area contributed by atoms with Crippen LogP contribution in [-0.2, 0) is 9.53 Å². The van der Waals surface area contributed by atoms with E-state index in [1.54, 1.807) is 0 Å². The van der Waals surface area contributed by atoms with E-state index in [4.69, 9.17) is 4.74 Å². The highest BCUT2D eigenvalue weighted by atomic mass is 16.6. The molecule has 4 aliphatic carbocycles. The number of hydrogen-bond donors (Lipinski definition) is 1. The van der Waals surface area contributed by atoms with E-state index in [0.717, 1.165) is 57.3 Å². The van der Waals surface area contributed by atoms with Gasteiger partial charge in [0.15, 0.2) is 0 Å². The Morgan fingerprint density at radius 1 is 1.07 bits per heavy atom. The molecule has 2 aliphatic heterocycles. The summed E-state index contributed by atoms with van der Waals surface area (Å²) in [5.74, 6) is 1.80. The summed E-state index contributed by atoms with van der Waals surface area (Å²) in [6, 6.07) is 0. The first kappa shape index (κ1) is 22.6. The summed E-state index contributed by atoms with van der Waals surface area (Å²) in [5, 5.41) is 11.3. The Bertz CT molecular complexity index is 662. The van der Waals surface area contributed by atoms with Crippen LogP contribution in [-0.4, -0.2) is 22.3 Å². The van der Waals surface area contributed by atoms with Gasteiger partial charge in [0.05, 0.1) is 11.0 Å². The van der Waals surface area contributed by atoms with E-state index in [1.165, 1.54) is 19.3 Å². The zero-order valence-corrected chi connectivity index (χ0v) is 20.5. The monoisotopic (exact) mass is 418 g/mol. The van der Waals surface area contributed by atoms with E-state index >= 15 is 0 Å². The smallest absolute Gasteiger partial charge is 0.312 e. The number of rotatable bonds is 4. The topological polar surface area (TPSA) is 46.5 Å². The van der Waals surface area contributed by atoms with Gasteiger partial charge in [-0.3, -0.25) is 4.79 Å². The standard InChI is InChI=1S/C27H46O3/c1-7-8-12-24(4,5)25(6)17-23(2,3)11-9-10-21-19-13-26(29)14-20(21)16-27(15-19,18-26)30-22(25)28/h19-21,29H,7-18H2,1-6H3. The van der Waals surface area contributed by atoms with Crippen LogP contribution in [0.3, 0.4) is 0 Å². The van der Waals surface area contributed by atoms with Gasteiger partial charge in [-0.1, -0.05) is 53.9 Å². The van der Waals surface area contributed by atoms with E-state index in [9.17, 15) is 9.90 Å². The molecule has 0 amide bonds. The zero-order valence-electron chi connectivity index (χ0n) is 20.5. The van der Waals surface area contributed by atoms with Crippen LogP contribution >= 0.6 is 0 Å². The maximum absolute atomic E-state index is 14.1. The lowest BCUT2D eigenvalue weighted by Crippen LogP contribution is -2.64. The second kappa shape index (κ2) is 7.22. The Morgan fingerprint density at radius 2 is 1.70 bits per heavy atom. The van der Waals surface area contributed by atoms with Crippen molar-refractivity contribution >= 4 is 5.97 Å². The number of fused-ring (bicyclic) bond motifs is 7. The highest BCUT2D eigenvalue weighted by Crippen LogP contribution is 2.63. The minimum Gasteiger partial charge on any atom is -0.459 e. The van der Waals surface area contributed by atoms with Gasteiger partial charge in [-0.15, -0.1) is 0 Å². The second-order valence-corrected chi connectivity index (χ2v) is 13.5. The number of carbonyl (C=O) groups is 1. The molecule has 5 bridgehead atoms. The maximum Gasteiger partial charge on any atom is 0.312 e. The molecule has 1 N–H and O–H groups in total. The molecule has 3 atom stereocenters. The third-order valence-electron chi connectivity index (χ3n) is 10.0. The van der Waals surface area contributed by atoms with Gasteiger partial charge in [0, 0.05) is 6.42 Å². The van der Waals surface area contributed by atoms with E-state index in [1.807, 2.05) is 0 Å². The van der Waals surface area contributed by atoms with Crippen LogP contribution in [0, 0.1) is 34.0 Å². The normalized spacial score (nSPS) is 45.7. The van der Waals surface area contributed by atoms with Gasteiger partial charge in [0.2, 0.25) is 0 Å². The van der Waals surface area contributed by atoms with Crippen molar-refractivity contribution < 1.29 is 14.6 Å². The predicted octanol–water partition coefficient (Wildman–Crippen LogP) is 6.66. The Balaban J connectivity index is 1.71. The lowest BCUT2D eigenvalue weighted by atomic mass is 9.47.